The Balaban J connectivity index is 1.57. The summed E-state index contributed by atoms with van der Waals surface area (Å²) in [5.41, 5.74) is 2.14. The molecule has 0 fully saturated rings. The molecule has 1 aliphatic heterocycles. The van der Waals surface area contributed by atoms with Gasteiger partial charge < -0.3 is 23.7 Å². The van der Waals surface area contributed by atoms with Gasteiger partial charge in [-0.15, -0.1) is 0 Å². The van der Waals surface area contributed by atoms with Crippen molar-refractivity contribution in [3.63, 3.8) is 0 Å². The zero-order valence-electron chi connectivity index (χ0n) is 17.8. The molecule has 6 nitrogen and oxygen atoms in total. The molecular formula is C25H21BrO6. The number of hydrogen-bond donors (Lipinski definition) is 0. The first-order chi connectivity index (χ1) is 15.5. The van der Waals surface area contributed by atoms with E-state index in [-0.39, 0.29) is 11.5 Å². The van der Waals surface area contributed by atoms with E-state index in [9.17, 15) is 4.79 Å². The second kappa shape index (κ2) is 9.36. The average molecular weight is 497 g/mol. The molecule has 0 amide bonds. The van der Waals surface area contributed by atoms with E-state index in [4.69, 9.17) is 23.7 Å². The summed E-state index contributed by atoms with van der Waals surface area (Å²) < 4.78 is 28.9. The second-order valence-corrected chi connectivity index (χ2v) is 7.85. The Labute approximate surface area is 194 Å². The topological polar surface area (TPSA) is 63.2 Å². The van der Waals surface area contributed by atoms with E-state index in [2.05, 4.69) is 15.9 Å². The van der Waals surface area contributed by atoms with E-state index in [1.165, 1.54) is 14.2 Å². The quantitative estimate of drug-likeness (QED) is 0.392. The summed E-state index contributed by atoms with van der Waals surface area (Å²) in [4.78, 5) is 12.9. The summed E-state index contributed by atoms with van der Waals surface area (Å²) in [5, 5.41) is 0. The monoisotopic (exact) mass is 496 g/mol. The minimum Gasteiger partial charge on any atom is -0.493 e. The van der Waals surface area contributed by atoms with Gasteiger partial charge in [-0.3, -0.25) is 4.79 Å². The molecule has 0 saturated heterocycles. The third-order valence-corrected chi connectivity index (χ3v) is 5.51. The Kier molecular flexibility index (Phi) is 6.37. The predicted molar refractivity (Wildman–Crippen MR) is 124 cm³/mol. The van der Waals surface area contributed by atoms with Gasteiger partial charge in [-0.25, -0.2) is 0 Å². The minimum atomic E-state index is -0.212. The highest BCUT2D eigenvalue weighted by molar-refractivity contribution is 9.10. The molecule has 3 aromatic carbocycles. The van der Waals surface area contributed by atoms with Crippen LogP contribution in [0.3, 0.4) is 0 Å². The molecule has 0 N–H and O–H groups in total. The molecule has 1 aliphatic rings. The van der Waals surface area contributed by atoms with E-state index in [0.29, 0.717) is 46.5 Å². The summed E-state index contributed by atoms with van der Waals surface area (Å²) >= 11 is 3.42. The summed E-state index contributed by atoms with van der Waals surface area (Å²) in [6.45, 7) is 0.408. The van der Waals surface area contributed by atoms with Crippen molar-refractivity contribution in [2.45, 2.75) is 6.61 Å². The third-order valence-electron chi connectivity index (χ3n) is 4.98. The third kappa shape index (κ3) is 4.29. The van der Waals surface area contributed by atoms with Crippen molar-refractivity contribution < 1.29 is 28.5 Å². The number of allylic oxidation sites excluding steroid dienone is 1. The lowest BCUT2D eigenvalue weighted by atomic mass is 10.1. The van der Waals surface area contributed by atoms with Crippen LogP contribution in [0, 0.1) is 0 Å². The number of Topliss-reactive ketones (excluding diaryl/α,β-unsaturated/α-hetero) is 1. The van der Waals surface area contributed by atoms with Crippen LogP contribution in [0.5, 0.6) is 28.7 Å². The molecule has 164 valence electrons. The van der Waals surface area contributed by atoms with Crippen molar-refractivity contribution in [2.24, 2.45) is 0 Å². The summed E-state index contributed by atoms with van der Waals surface area (Å²) in [7, 11) is 4.60. The molecule has 7 heteroatoms. The van der Waals surface area contributed by atoms with Gasteiger partial charge in [-0.05, 0) is 48.0 Å². The van der Waals surface area contributed by atoms with Gasteiger partial charge in [0.1, 0.15) is 18.1 Å². The van der Waals surface area contributed by atoms with Gasteiger partial charge in [0.15, 0.2) is 17.3 Å². The lowest BCUT2D eigenvalue weighted by molar-refractivity contribution is 0.101. The molecule has 0 unspecified atom stereocenters. The Morgan fingerprint density at radius 1 is 0.906 bits per heavy atom. The minimum absolute atomic E-state index is 0.190. The van der Waals surface area contributed by atoms with Crippen LogP contribution in [0.15, 0.2) is 64.8 Å². The summed E-state index contributed by atoms with van der Waals surface area (Å²) in [6.07, 6.45) is 1.63. The van der Waals surface area contributed by atoms with Crippen LogP contribution in [0.4, 0.5) is 0 Å². The Morgan fingerprint density at radius 2 is 1.66 bits per heavy atom. The van der Waals surface area contributed by atoms with Crippen LogP contribution >= 0.6 is 15.9 Å². The van der Waals surface area contributed by atoms with Gasteiger partial charge in [0.05, 0.1) is 26.9 Å². The maximum atomic E-state index is 12.9. The van der Waals surface area contributed by atoms with Crippen molar-refractivity contribution >= 4 is 27.8 Å². The maximum absolute atomic E-state index is 12.9. The molecule has 4 rings (SSSR count). The Bertz CT molecular complexity index is 1180. The SMILES string of the molecule is COc1ccc(/C=C2\Oc3cc(OCc4ccc(Br)cc4)ccc3C2=O)c(OC)c1OC. The number of rotatable bonds is 7. The summed E-state index contributed by atoms with van der Waals surface area (Å²) in [6, 6.07) is 16.6. The number of benzene rings is 3. The normalized spacial score (nSPS) is 13.5. The van der Waals surface area contributed by atoms with E-state index in [0.717, 1.165) is 10.0 Å². The highest BCUT2D eigenvalue weighted by Gasteiger charge is 2.28. The second-order valence-electron chi connectivity index (χ2n) is 6.94. The highest BCUT2D eigenvalue weighted by atomic mass is 79.9. The lowest BCUT2D eigenvalue weighted by Crippen LogP contribution is -2.00. The molecule has 0 bridgehead atoms. The number of ketones is 1. The van der Waals surface area contributed by atoms with Crippen LogP contribution in [0.2, 0.25) is 0 Å². The molecule has 0 spiro atoms. The van der Waals surface area contributed by atoms with Gasteiger partial charge in [-0.2, -0.15) is 0 Å². The van der Waals surface area contributed by atoms with Gasteiger partial charge in [-0.1, -0.05) is 28.1 Å². The fourth-order valence-corrected chi connectivity index (χ4v) is 3.65. The van der Waals surface area contributed by atoms with Gasteiger partial charge in [0.2, 0.25) is 11.5 Å². The van der Waals surface area contributed by atoms with Crippen molar-refractivity contribution in [1.82, 2.24) is 0 Å². The zero-order chi connectivity index (χ0) is 22.7. The molecule has 0 radical (unpaired) electrons. The van der Waals surface area contributed by atoms with Crippen molar-refractivity contribution in [3.8, 4) is 28.7 Å². The van der Waals surface area contributed by atoms with Crippen LogP contribution in [0.25, 0.3) is 6.08 Å². The van der Waals surface area contributed by atoms with Gasteiger partial charge in [0.25, 0.3) is 0 Å². The number of carbonyl (C=O) groups excluding carboxylic acids is 1. The lowest BCUT2D eigenvalue weighted by Gasteiger charge is -2.14. The number of fused-ring (bicyclic) bond motifs is 1. The van der Waals surface area contributed by atoms with Crippen molar-refractivity contribution in [1.29, 1.82) is 0 Å². The van der Waals surface area contributed by atoms with Crippen molar-refractivity contribution in [3.05, 3.63) is 81.5 Å². The largest absolute Gasteiger partial charge is 0.493 e. The standard InChI is InChI=1S/C25H21BrO6/c1-28-20-11-6-16(24(29-2)25(20)30-3)12-22-23(27)19-10-9-18(13-21(19)32-22)31-14-15-4-7-17(26)8-5-15/h4-13H,14H2,1-3H3/b22-12-. The predicted octanol–water partition coefficient (Wildman–Crippen LogP) is 5.67. The molecule has 0 saturated carbocycles. The fourth-order valence-electron chi connectivity index (χ4n) is 3.38. The van der Waals surface area contributed by atoms with Crippen molar-refractivity contribution in [2.75, 3.05) is 21.3 Å². The Hall–Kier alpha value is -3.45. The molecule has 1 heterocycles. The first-order valence-corrected chi connectivity index (χ1v) is 10.6. The number of ether oxygens (including phenoxy) is 5. The molecule has 0 aromatic heterocycles. The molecule has 0 aliphatic carbocycles. The highest BCUT2D eigenvalue weighted by Crippen LogP contribution is 2.42. The van der Waals surface area contributed by atoms with Crippen LogP contribution in [-0.4, -0.2) is 27.1 Å². The zero-order valence-corrected chi connectivity index (χ0v) is 19.4. The van der Waals surface area contributed by atoms with E-state index in [1.807, 2.05) is 24.3 Å². The maximum Gasteiger partial charge on any atom is 0.231 e. The number of methoxy groups -OCH3 is 3. The van der Waals surface area contributed by atoms with E-state index < -0.39 is 0 Å². The van der Waals surface area contributed by atoms with Gasteiger partial charge >= 0.3 is 0 Å². The first-order valence-electron chi connectivity index (χ1n) is 9.78. The number of carbonyl (C=O) groups is 1. The fraction of sp³-hybridized carbons (Fsp3) is 0.160. The smallest absolute Gasteiger partial charge is 0.231 e. The number of halogens is 1. The Morgan fingerprint density at radius 3 is 2.34 bits per heavy atom. The van der Waals surface area contributed by atoms with Gasteiger partial charge in [0, 0.05) is 16.1 Å². The molecule has 0 atom stereocenters. The molecule has 32 heavy (non-hydrogen) atoms. The van der Waals surface area contributed by atoms with Crippen LogP contribution in [0.1, 0.15) is 21.5 Å². The average Bonchev–Trinajstić information content (AvgIpc) is 3.12. The first kappa shape index (κ1) is 21.8. The van der Waals surface area contributed by atoms with E-state index >= 15 is 0 Å². The van der Waals surface area contributed by atoms with E-state index in [1.54, 1.807) is 43.5 Å². The number of hydrogen-bond acceptors (Lipinski definition) is 6. The summed E-state index contributed by atoms with van der Waals surface area (Å²) in [5.74, 6) is 2.47. The van der Waals surface area contributed by atoms with Crippen LogP contribution in [-0.2, 0) is 6.61 Å². The molecular weight excluding hydrogens is 476 g/mol. The molecule has 3 aromatic rings. The van der Waals surface area contributed by atoms with Crippen LogP contribution < -0.4 is 23.7 Å².